The summed E-state index contributed by atoms with van der Waals surface area (Å²) < 4.78 is 15.7. The van der Waals surface area contributed by atoms with Crippen LogP contribution in [0.1, 0.15) is 16.1 Å². The quantitative estimate of drug-likeness (QED) is 0.370. The van der Waals surface area contributed by atoms with E-state index in [0.29, 0.717) is 15.9 Å². The number of nitrogens with one attached hydrogen (secondary N) is 1. The van der Waals surface area contributed by atoms with Gasteiger partial charge in [-0.25, -0.2) is 9.97 Å². The number of carbonyl (C=O) groups is 1. The second kappa shape index (κ2) is 10.5. The van der Waals surface area contributed by atoms with Crippen LogP contribution in [0.5, 0.6) is 11.5 Å². The van der Waals surface area contributed by atoms with Gasteiger partial charge >= 0.3 is 0 Å². The number of thioether (sulfide) groups is 1. The number of ether oxygens (including phenoxy) is 3. The molecule has 0 saturated heterocycles. The fourth-order valence-electron chi connectivity index (χ4n) is 2.11. The normalized spacial score (nSPS) is 10.9. The fourth-order valence-corrected chi connectivity index (χ4v) is 2.74. The molecule has 0 saturated carbocycles. The molecule has 146 valence electrons. The van der Waals surface area contributed by atoms with Crippen LogP contribution < -0.4 is 14.8 Å². The average Bonchev–Trinajstić information content (AvgIpc) is 2.71. The smallest absolute Gasteiger partial charge is 0.195 e. The van der Waals surface area contributed by atoms with Crippen molar-refractivity contribution < 1.29 is 19.0 Å². The second-order valence-electron chi connectivity index (χ2n) is 5.13. The van der Waals surface area contributed by atoms with Crippen molar-refractivity contribution in [2.45, 2.75) is 0 Å². The van der Waals surface area contributed by atoms with Gasteiger partial charge in [-0.15, -0.1) is 11.8 Å². The number of rotatable bonds is 9. The summed E-state index contributed by atoms with van der Waals surface area (Å²) in [4.78, 5) is 20.9. The molecule has 1 aromatic carbocycles. The number of hydrogen-bond acceptors (Lipinski definition) is 9. The van der Waals surface area contributed by atoms with Gasteiger partial charge in [-0.05, 0) is 18.4 Å². The molecule has 0 radical (unpaired) electrons. The van der Waals surface area contributed by atoms with Crippen LogP contribution in [-0.2, 0) is 4.74 Å². The highest BCUT2D eigenvalue weighted by Gasteiger charge is 2.19. The predicted molar refractivity (Wildman–Crippen MR) is 107 cm³/mol. The van der Waals surface area contributed by atoms with Crippen LogP contribution in [-0.4, -0.2) is 43.0 Å². The van der Waals surface area contributed by atoms with Gasteiger partial charge in [-0.3, -0.25) is 4.79 Å². The Morgan fingerprint density at radius 2 is 2.07 bits per heavy atom. The Bertz CT molecular complexity index is 913. The van der Waals surface area contributed by atoms with E-state index in [1.54, 1.807) is 6.26 Å². The highest BCUT2D eigenvalue weighted by molar-refractivity contribution is 8.02. The monoisotopic (exact) mass is 420 g/mol. The van der Waals surface area contributed by atoms with Gasteiger partial charge in [0, 0.05) is 18.2 Å². The zero-order valence-corrected chi connectivity index (χ0v) is 16.9. The fraction of sp³-hybridized carbons (Fsp3) is 0.222. The molecule has 10 heteroatoms. The SMILES string of the molecule is COCOc1cc(Cl)cc(OC)c1C(=O)C=C(Nc1cnc(C#N)cn1)SC. The Balaban J connectivity index is 2.35. The highest BCUT2D eigenvalue weighted by atomic mass is 35.5. The molecule has 8 nitrogen and oxygen atoms in total. The summed E-state index contributed by atoms with van der Waals surface area (Å²) in [6.45, 7) is -0.0536. The maximum absolute atomic E-state index is 12.9. The lowest BCUT2D eigenvalue weighted by molar-refractivity contribution is 0.0502. The minimum Gasteiger partial charge on any atom is -0.496 e. The van der Waals surface area contributed by atoms with E-state index in [4.69, 9.17) is 31.1 Å². The van der Waals surface area contributed by atoms with Gasteiger partial charge < -0.3 is 19.5 Å². The van der Waals surface area contributed by atoms with Gasteiger partial charge in [0.05, 0.1) is 24.5 Å². The molecule has 2 aromatic rings. The number of hydrogen-bond donors (Lipinski definition) is 1. The number of carbonyl (C=O) groups excluding carboxylic acids is 1. The minimum atomic E-state index is -0.363. The zero-order chi connectivity index (χ0) is 20.5. The Hall–Kier alpha value is -2.80. The van der Waals surface area contributed by atoms with E-state index >= 15 is 0 Å². The molecule has 1 aromatic heterocycles. The summed E-state index contributed by atoms with van der Waals surface area (Å²) in [7, 11) is 2.91. The summed E-state index contributed by atoms with van der Waals surface area (Å²) in [6.07, 6.45) is 5.92. The van der Waals surface area contributed by atoms with Crippen molar-refractivity contribution in [3.8, 4) is 17.6 Å². The van der Waals surface area contributed by atoms with Crippen LogP contribution in [0.15, 0.2) is 35.6 Å². The van der Waals surface area contributed by atoms with Crippen LogP contribution in [0.25, 0.3) is 0 Å². The number of nitrogens with zero attached hydrogens (tertiary/aromatic N) is 3. The van der Waals surface area contributed by atoms with Gasteiger partial charge in [0.25, 0.3) is 0 Å². The van der Waals surface area contributed by atoms with Crippen molar-refractivity contribution in [1.29, 1.82) is 5.26 Å². The average molecular weight is 421 g/mol. The van der Waals surface area contributed by atoms with Gasteiger partial charge in [0.2, 0.25) is 0 Å². The lowest BCUT2D eigenvalue weighted by Crippen LogP contribution is -2.09. The first kappa shape index (κ1) is 21.5. The zero-order valence-electron chi connectivity index (χ0n) is 15.4. The molecule has 0 atom stereocenters. The number of benzene rings is 1. The van der Waals surface area contributed by atoms with Gasteiger partial charge in [-0.1, -0.05) is 11.6 Å². The maximum atomic E-state index is 12.9. The predicted octanol–water partition coefficient (Wildman–Crippen LogP) is 3.49. The Labute approximate surface area is 171 Å². The molecule has 0 unspecified atom stereocenters. The molecule has 0 amide bonds. The Morgan fingerprint density at radius 3 is 2.64 bits per heavy atom. The van der Waals surface area contributed by atoms with Gasteiger partial charge in [0.1, 0.15) is 28.9 Å². The number of ketones is 1. The van der Waals surface area contributed by atoms with E-state index in [1.165, 1.54) is 56.6 Å². The summed E-state index contributed by atoms with van der Waals surface area (Å²) in [6, 6.07) is 4.94. The van der Waals surface area contributed by atoms with E-state index < -0.39 is 0 Å². The molecular weight excluding hydrogens is 404 g/mol. The number of methoxy groups -OCH3 is 2. The molecule has 28 heavy (non-hydrogen) atoms. The number of aromatic nitrogens is 2. The van der Waals surface area contributed by atoms with Crippen LogP contribution in [0.4, 0.5) is 5.82 Å². The maximum Gasteiger partial charge on any atom is 0.195 e. The van der Waals surface area contributed by atoms with Crippen molar-refractivity contribution in [2.75, 3.05) is 32.6 Å². The molecule has 0 aliphatic carbocycles. The van der Waals surface area contributed by atoms with Gasteiger partial charge in [0.15, 0.2) is 18.3 Å². The van der Waals surface area contributed by atoms with E-state index in [1.807, 2.05) is 6.07 Å². The Kier molecular flexibility index (Phi) is 8.07. The third-order valence-corrected chi connectivity index (χ3v) is 4.21. The number of halogens is 1. The van der Waals surface area contributed by atoms with Crippen molar-refractivity contribution in [2.24, 2.45) is 0 Å². The summed E-state index contributed by atoms with van der Waals surface area (Å²) in [5.74, 6) is 0.550. The van der Waals surface area contributed by atoms with Gasteiger partial charge in [-0.2, -0.15) is 5.26 Å². The molecule has 1 heterocycles. The van der Waals surface area contributed by atoms with Crippen molar-refractivity contribution >= 4 is 35.0 Å². The van der Waals surface area contributed by atoms with Crippen LogP contribution >= 0.6 is 23.4 Å². The van der Waals surface area contributed by atoms with E-state index in [-0.39, 0.29) is 35.3 Å². The Morgan fingerprint density at radius 1 is 1.32 bits per heavy atom. The molecule has 0 bridgehead atoms. The first-order chi connectivity index (χ1) is 13.5. The molecule has 0 fully saturated rings. The second-order valence-corrected chi connectivity index (χ2v) is 6.42. The van der Waals surface area contributed by atoms with Crippen molar-refractivity contribution in [1.82, 2.24) is 9.97 Å². The first-order valence-electron chi connectivity index (χ1n) is 7.80. The molecular formula is C18H17ClN4O4S. The lowest BCUT2D eigenvalue weighted by atomic mass is 10.1. The molecule has 1 N–H and O–H groups in total. The number of allylic oxidation sites excluding steroid dienone is 1. The van der Waals surface area contributed by atoms with Crippen LogP contribution in [0.3, 0.4) is 0 Å². The number of anilines is 1. The topological polar surface area (TPSA) is 106 Å². The standard InChI is InChI=1S/C18H17ClN4O4S/c1-25-10-27-15-5-11(19)4-14(26-2)18(15)13(24)6-17(28-3)23-16-9-21-12(7-20)8-22-16/h4-6,8-9H,10H2,1-3H3,(H,22,23). The molecule has 0 aliphatic heterocycles. The van der Waals surface area contributed by atoms with Crippen molar-refractivity contribution in [3.05, 3.63) is 51.9 Å². The largest absolute Gasteiger partial charge is 0.496 e. The first-order valence-corrected chi connectivity index (χ1v) is 9.41. The van der Waals surface area contributed by atoms with E-state index in [9.17, 15) is 4.79 Å². The highest BCUT2D eigenvalue weighted by Crippen LogP contribution is 2.34. The van der Waals surface area contributed by atoms with E-state index in [0.717, 1.165) is 0 Å². The van der Waals surface area contributed by atoms with Crippen molar-refractivity contribution in [3.63, 3.8) is 0 Å². The summed E-state index contributed by atoms with van der Waals surface area (Å²) >= 11 is 7.37. The lowest BCUT2D eigenvalue weighted by Gasteiger charge is -2.14. The summed E-state index contributed by atoms with van der Waals surface area (Å²) in [5.41, 5.74) is 0.408. The van der Waals surface area contributed by atoms with E-state index in [2.05, 4.69) is 15.3 Å². The molecule has 0 spiro atoms. The minimum absolute atomic E-state index is 0.0536. The van der Waals surface area contributed by atoms with Crippen LogP contribution in [0, 0.1) is 11.3 Å². The summed E-state index contributed by atoms with van der Waals surface area (Å²) in [5, 5.41) is 12.6. The number of nitriles is 1. The molecule has 2 rings (SSSR count). The molecule has 0 aliphatic rings. The third kappa shape index (κ3) is 5.60. The third-order valence-electron chi connectivity index (χ3n) is 3.33. The van der Waals surface area contributed by atoms with Crippen LogP contribution in [0.2, 0.25) is 5.02 Å².